The largest absolute Gasteiger partial charge is 0.490 e. The van der Waals surface area contributed by atoms with E-state index in [0.29, 0.717) is 4.47 Å². The number of fused-ring (bicyclic) bond motifs is 3. The third-order valence-corrected chi connectivity index (χ3v) is 10.2. The zero-order valence-electron chi connectivity index (χ0n) is 17.1. The highest BCUT2D eigenvalue weighted by molar-refractivity contribution is 9.10. The minimum Gasteiger partial charge on any atom is -0.490 e. The van der Waals surface area contributed by atoms with Gasteiger partial charge in [-0.2, -0.15) is 0 Å². The number of hydrogen-bond acceptors (Lipinski definition) is 6. The molecule has 3 atom stereocenters. The molecule has 2 heterocycles. The molecule has 2 aromatic carbocycles. The molecule has 174 valence electrons. The first kappa shape index (κ1) is 23.6. The predicted molar refractivity (Wildman–Crippen MR) is 117 cm³/mol. The highest BCUT2D eigenvalue weighted by Gasteiger charge is 2.61. The van der Waals surface area contributed by atoms with E-state index >= 15 is 4.39 Å². The molecule has 1 fully saturated rings. The molecule has 0 bridgehead atoms. The Kier molecular flexibility index (Phi) is 6.15. The van der Waals surface area contributed by atoms with Crippen molar-refractivity contribution in [1.29, 1.82) is 0 Å². The van der Waals surface area contributed by atoms with Gasteiger partial charge in [-0.05, 0) is 49.2 Å². The van der Waals surface area contributed by atoms with Gasteiger partial charge in [0, 0.05) is 23.3 Å². The van der Waals surface area contributed by atoms with Gasteiger partial charge in [0.15, 0.2) is 21.4 Å². The maximum absolute atomic E-state index is 15.2. The normalized spacial score (nSPS) is 25.5. The van der Waals surface area contributed by atoms with Crippen LogP contribution in [-0.2, 0) is 29.2 Å². The van der Waals surface area contributed by atoms with E-state index in [1.165, 1.54) is 12.1 Å². The van der Waals surface area contributed by atoms with Gasteiger partial charge in [-0.1, -0.05) is 15.9 Å². The van der Waals surface area contributed by atoms with E-state index in [1.807, 2.05) is 0 Å². The zero-order chi connectivity index (χ0) is 23.3. The molecule has 0 amide bonds. The van der Waals surface area contributed by atoms with Gasteiger partial charge in [0.25, 0.3) is 0 Å². The van der Waals surface area contributed by atoms with E-state index in [1.54, 1.807) is 12.1 Å². The average molecular weight is 551 g/mol. The van der Waals surface area contributed by atoms with Crippen LogP contribution in [0.1, 0.15) is 18.4 Å². The Labute approximate surface area is 193 Å². The average Bonchev–Trinajstić information content (AvgIpc) is 2.73. The third kappa shape index (κ3) is 3.86. The summed E-state index contributed by atoms with van der Waals surface area (Å²) in [6.45, 7) is -0.312. The number of benzene rings is 2. The van der Waals surface area contributed by atoms with Crippen LogP contribution in [0, 0.1) is 17.6 Å². The van der Waals surface area contributed by atoms with Crippen LogP contribution in [0.4, 0.5) is 8.78 Å². The summed E-state index contributed by atoms with van der Waals surface area (Å²) in [5, 5.41) is 0. The molecule has 0 aromatic heterocycles. The van der Waals surface area contributed by atoms with Crippen LogP contribution in [0.3, 0.4) is 0 Å². The van der Waals surface area contributed by atoms with Crippen molar-refractivity contribution in [1.82, 2.24) is 0 Å². The van der Waals surface area contributed by atoms with Crippen molar-refractivity contribution >= 4 is 35.6 Å². The van der Waals surface area contributed by atoms with Crippen molar-refractivity contribution in [3.63, 3.8) is 0 Å². The first-order valence-corrected chi connectivity index (χ1v) is 14.2. The molecule has 32 heavy (non-hydrogen) atoms. The first-order valence-electron chi connectivity index (χ1n) is 9.88. The summed E-state index contributed by atoms with van der Waals surface area (Å²) in [5.74, 6) is -3.35. The second-order valence-corrected chi connectivity index (χ2v) is 13.5. The van der Waals surface area contributed by atoms with Crippen molar-refractivity contribution in [2.45, 2.75) is 28.6 Å². The fourth-order valence-corrected chi connectivity index (χ4v) is 7.93. The summed E-state index contributed by atoms with van der Waals surface area (Å²) in [6, 6.07) is 7.70. The lowest BCUT2D eigenvalue weighted by molar-refractivity contribution is -0.0732. The van der Waals surface area contributed by atoms with Crippen LogP contribution in [-0.4, -0.2) is 48.2 Å². The highest BCUT2D eigenvalue weighted by Crippen LogP contribution is 2.55. The number of rotatable bonds is 5. The molecule has 0 saturated carbocycles. The third-order valence-electron chi connectivity index (χ3n) is 6.12. The van der Waals surface area contributed by atoms with Crippen molar-refractivity contribution < 1.29 is 35.1 Å². The Morgan fingerprint density at radius 3 is 2.38 bits per heavy atom. The molecule has 6 nitrogen and oxygen atoms in total. The minimum atomic E-state index is -4.28. The van der Waals surface area contributed by atoms with E-state index in [-0.39, 0.29) is 42.3 Å². The second kappa shape index (κ2) is 8.34. The molecular weight excluding hydrogens is 530 g/mol. The topological polar surface area (TPSA) is 86.7 Å². The van der Waals surface area contributed by atoms with E-state index in [0.717, 1.165) is 18.4 Å². The second-order valence-electron chi connectivity index (χ2n) is 8.08. The van der Waals surface area contributed by atoms with Gasteiger partial charge in [-0.15, -0.1) is 0 Å². The molecule has 1 saturated heterocycles. The van der Waals surface area contributed by atoms with Crippen LogP contribution in [0.2, 0.25) is 0 Å². The molecule has 0 N–H and O–H groups in total. The highest BCUT2D eigenvalue weighted by atomic mass is 79.9. The number of sulfone groups is 2. The van der Waals surface area contributed by atoms with Crippen LogP contribution >= 0.6 is 15.9 Å². The predicted octanol–water partition coefficient (Wildman–Crippen LogP) is 3.63. The molecule has 0 spiro atoms. The lowest BCUT2D eigenvalue weighted by Gasteiger charge is -2.50. The van der Waals surface area contributed by atoms with Gasteiger partial charge in [0.2, 0.25) is 0 Å². The Morgan fingerprint density at radius 1 is 1.06 bits per heavy atom. The Morgan fingerprint density at radius 2 is 1.72 bits per heavy atom. The quantitative estimate of drug-likeness (QED) is 0.565. The van der Waals surface area contributed by atoms with Crippen molar-refractivity contribution in [3.05, 3.63) is 58.1 Å². The fraction of sp³-hybridized carbons (Fsp3) is 0.429. The van der Waals surface area contributed by atoms with E-state index in [2.05, 4.69) is 15.9 Å². The first-order chi connectivity index (χ1) is 15.0. The lowest BCUT2D eigenvalue weighted by atomic mass is 9.75. The smallest absolute Gasteiger partial charge is 0.189 e. The molecule has 4 rings (SSSR count). The summed E-state index contributed by atoms with van der Waals surface area (Å²) >= 11 is 3.27. The van der Waals surface area contributed by atoms with Gasteiger partial charge >= 0.3 is 0 Å². The zero-order valence-corrected chi connectivity index (χ0v) is 20.3. The summed E-state index contributed by atoms with van der Waals surface area (Å²) in [4.78, 5) is -0.0500. The minimum absolute atomic E-state index is 0.0107. The molecule has 11 heteroatoms. The van der Waals surface area contributed by atoms with Crippen LogP contribution in [0.15, 0.2) is 45.8 Å². The van der Waals surface area contributed by atoms with Crippen LogP contribution in [0.5, 0.6) is 5.75 Å². The van der Waals surface area contributed by atoms with Crippen LogP contribution < -0.4 is 4.74 Å². The van der Waals surface area contributed by atoms with Gasteiger partial charge in [0.1, 0.15) is 20.4 Å². The van der Waals surface area contributed by atoms with Gasteiger partial charge < -0.3 is 9.47 Å². The number of ether oxygens (including phenoxy) is 2. The molecule has 0 aliphatic carbocycles. The summed E-state index contributed by atoms with van der Waals surface area (Å²) in [5.41, 5.74) is -0.357. The number of halogens is 3. The maximum Gasteiger partial charge on any atom is 0.189 e. The van der Waals surface area contributed by atoms with E-state index < -0.39 is 53.8 Å². The Balaban J connectivity index is 1.95. The van der Waals surface area contributed by atoms with Crippen molar-refractivity contribution in [2.24, 2.45) is 5.92 Å². The monoisotopic (exact) mass is 550 g/mol. The van der Waals surface area contributed by atoms with Crippen molar-refractivity contribution in [2.75, 3.05) is 25.2 Å². The molecule has 2 aromatic rings. The Hall–Kier alpha value is -1.56. The van der Waals surface area contributed by atoms with Gasteiger partial charge in [-0.25, -0.2) is 25.6 Å². The Bertz CT molecular complexity index is 1250. The summed E-state index contributed by atoms with van der Waals surface area (Å²) in [6.07, 6.45) is 0.127. The van der Waals surface area contributed by atoms with Gasteiger partial charge in [-0.3, -0.25) is 0 Å². The summed E-state index contributed by atoms with van der Waals surface area (Å²) in [7, 11) is -7.64. The lowest BCUT2D eigenvalue weighted by Crippen LogP contribution is -2.57. The SMILES string of the molecule is CS(=O)(=O)CC[C@@H]1OCC[C@@]2(S(=O)(=O)c3ccc(Br)cc3)c3c(F)ccc(F)c3OC[C@@H]12. The molecule has 0 radical (unpaired) electrons. The van der Waals surface area contributed by atoms with E-state index in [9.17, 15) is 21.2 Å². The fourth-order valence-electron chi connectivity index (χ4n) is 4.66. The maximum atomic E-state index is 15.2. The molecule has 2 aliphatic rings. The standard InChI is InChI=1S/C21H21BrF2O6S2/c1-31(25,26)11-8-18-15-12-30-20-17(24)7-6-16(23)19(20)21(15,9-10-29-18)32(27,28)14-4-2-13(22)3-5-14/h2-7,15,18H,8-12H2,1H3/t15-,18-,21-/m0/s1. The van der Waals surface area contributed by atoms with Gasteiger partial charge in [0.05, 0.1) is 28.9 Å². The van der Waals surface area contributed by atoms with Crippen molar-refractivity contribution in [3.8, 4) is 5.75 Å². The number of hydrogen-bond donors (Lipinski definition) is 0. The molecular formula is C21H21BrF2O6S2. The molecule has 2 aliphatic heterocycles. The molecule has 0 unspecified atom stereocenters. The van der Waals surface area contributed by atoms with Crippen LogP contribution in [0.25, 0.3) is 0 Å². The summed E-state index contributed by atoms with van der Waals surface area (Å²) < 4.78 is 91.6. The van der Waals surface area contributed by atoms with E-state index in [4.69, 9.17) is 9.47 Å².